The summed E-state index contributed by atoms with van der Waals surface area (Å²) in [5.41, 5.74) is 3.13. The third-order valence-corrected chi connectivity index (χ3v) is 9.00. The van der Waals surface area contributed by atoms with Gasteiger partial charge in [0.05, 0.1) is 4.90 Å². The molecule has 1 fully saturated rings. The van der Waals surface area contributed by atoms with E-state index in [-0.39, 0.29) is 5.91 Å². The maximum atomic E-state index is 13.3. The lowest BCUT2D eigenvalue weighted by Crippen LogP contribution is -2.32. The summed E-state index contributed by atoms with van der Waals surface area (Å²) in [6.45, 7) is 1.49. The van der Waals surface area contributed by atoms with Crippen LogP contribution in [0, 0.1) is 0 Å². The van der Waals surface area contributed by atoms with Crippen LogP contribution in [0.25, 0.3) is 0 Å². The van der Waals surface area contributed by atoms with E-state index >= 15 is 0 Å². The molecule has 2 aliphatic rings. The van der Waals surface area contributed by atoms with Gasteiger partial charge in [-0.25, -0.2) is 8.42 Å². The van der Waals surface area contributed by atoms with Crippen molar-refractivity contribution in [2.75, 3.05) is 18.4 Å². The van der Waals surface area contributed by atoms with E-state index in [4.69, 9.17) is 11.6 Å². The van der Waals surface area contributed by atoms with Gasteiger partial charge in [0, 0.05) is 41.5 Å². The van der Waals surface area contributed by atoms with E-state index in [2.05, 4.69) is 5.32 Å². The van der Waals surface area contributed by atoms with Crippen molar-refractivity contribution >= 4 is 33.2 Å². The maximum Gasteiger partial charge on any atom is 0.256 e. The van der Waals surface area contributed by atoms with Gasteiger partial charge in [0.2, 0.25) is 10.0 Å². The number of benzene rings is 3. The van der Waals surface area contributed by atoms with Gasteiger partial charge < -0.3 is 10.2 Å². The average molecular weight is 510 g/mol. The number of amides is 1. The number of halogens is 1. The Morgan fingerprint density at radius 3 is 2.23 bits per heavy atom. The number of hydrogen-bond donors (Lipinski definition) is 1. The Kier molecular flexibility index (Phi) is 6.82. The normalized spacial score (nSPS) is 18.8. The zero-order chi connectivity index (χ0) is 24.4. The molecule has 6 nitrogen and oxygen atoms in total. The number of sulfonamides is 1. The minimum absolute atomic E-state index is 0.0709. The lowest BCUT2D eigenvalue weighted by Gasteiger charge is -2.28. The fourth-order valence-electron chi connectivity index (χ4n) is 4.81. The summed E-state index contributed by atoms with van der Waals surface area (Å²) >= 11 is 6.38. The second-order valence-electron chi connectivity index (χ2n) is 9.00. The van der Waals surface area contributed by atoms with Crippen LogP contribution < -0.4 is 5.32 Å². The van der Waals surface area contributed by atoms with Gasteiger partial charge in [0.1, 0.15) is 6.17 Å². The van der Waals surface area contributed by atoms with Crippen LogP contribution >= 0.6 is 11.6 Å². The Morgan fingerprint density at radius 2 is 1.51 bits per heavy atom. The van der Waals surface area contributed by atoms with E-state index in [1.54, 1.807) is 33.5 Å². The van der Waals surface area contributed by atoms with Gasteiger partial charge in [0.25, 0.3) is 5.91 Å². The first-order valence-corrected chi connectivity index (χ1v) is 13.8. The Morgan fingerprint density at radius 1 is 0.857 bits per heavy atom. The van der Waals surface area contributed by atoms with Crippen LogP contribution in [0.1, 0.15) is 53.3 Å². The lowest BCUT2D eigenvalue weighted by molar-refractivity contribution is 0.0729. The number of anilines is 1. The van der Waals surface area contributed by atoms with Crippen LogP contribution in [0.3, 0.4) is 0 Å². The van der Waals surface area contributed by atoms with E-state index < -0.39 is 16.2 Å². The van der Waals surface area contributed by atoms with Crippen molar-refractivity contribution in [2.24, 2.45) is 0 Å². The van der Waals surface area contributed by atoms with Gasteiger partial charge in [-0.15, -0.1) is 0 Å². The topological polar surface area (TPSA) is 69.7 Å². The molecule has 2 heterocycles. The Bertz CT molecular complexity index is 1320. The standard InChI is InChI=1S/C27H28ClN3O3S/c28-25-12-6-3-9-20(25)19-31-26(23-10-4-5-11-24(23)27(31)32)29-21-13-15-22(16-14-21)35(33,34)30-17-7-1-2-8-18-30/h3-6,9-16,26,29H,1-2,7-8,17-19H2. The van der Waals surface area contributed by atoms with E-state index in [9.17, 15) is 13.2 Å². The lowest BCUT2D eigenvalue weighted by atomic mass is 10.1. The van der Waals surface area contributed by atoms with Gasteiger partial charge >= 0.3 is 0 Å². The number of hydrogen-bond acceptors (Lipinski definition) is 4. The summed E-state index contributed by atoms with van der Waals surface area (Å²) in [6, 6.07) is 21.9. The predicted octanol–water partition coefficient (Wildman–Crippen LogP) is 5.67. The van der Waals surface area contributed by atoms with Crippen molar-refractivity contribution in [3.63, 3.8) is 0 Å². The summed E-state index contributed by atoms with van der Waals surface area (Å²) in [7, 11) is -3.52. The molecule has 35 heavy (non-hydrogen) atoms. The highest BCUT2D eigenvalue weighted by atomic mass is 35.5. The summed E-state index contributed by atoms with van der Waals surface area (Å²) < 4.78 is 27.9. The molecule has 3 aromatic carbocycles. The highest BCUT2D eigenvalue weighted by Gasteiger charge is 2.36. The molecular formula is C27H28ClN3O3S. The average Bonchev–Trinajstić information content (AvgIpc) is 3.05. The first kappa shape index (κ1) is 23.9. The SMILES string of the molecule is O=C1c2ccccc2C(Nc2ccc(S(=O)(=O)N3CCCCCC3)cc2)N1Cc1ccccc1Cl. The van der Waals surface area contributed by atoms with Crippen molar-refractivity contribution in [2.45, 2.75) is 43.3 Å². The molecule has 1 saturated heterocycles. The molecule has 8 heteroatoms. The third kappa shape index (κ3) is 4.81. The first-order chi connectivity index (χ1) is 16.9. The number of carbonyl (C=O) groups is 1. The van der Waals surface area contributed by atoms with Crippen molar-refractivity contribution in [1.29, 1.82) is 0 Å². The van der Waals surface area contributed by atoms with Gasteiger partial charge in [-0.3, -0.25) is 4.79 Å². The molecule has 0 aliphatic carbocycles. The molecule has 1 N–H and O–H groups in total. The molecule has 0 spiro atoms. The predicted molar refractivity (Wildman–Crippen MR) is 138 cm³/mol. The fraction of sp³-hybridized carbons (Fsp3) is 0.296. The fourth-order valence-corrected chi connectivity index (χ4v) is 6.52. The van der Waals surface area contributed by atoms with Crippen LogP contribution in [0.2, 0.25) is 5.02 Å². The molecule has 0 aromatic heterocycles. The molecule has 0 saturated carbocycles. The number of carbonyl (C=O) groups excluding carboxylic acids is 1. The van der Waals surface area contributed by atoms with Crippen LogP contribution in [-0.4, -0.2) is 36.6 Å². The number of rotatable bonds is 6. The van der Waals surface area contributed by atoms with Gasteiger partial charge in [-0.2, -0.15) is 4.31 Å². The van der Waals surface area contributed by atoms with Gasteiger partial charge in [0.15, 0.2) is 0 Å². The molecule has 5 rings (SSSR count). The summed E-state index contributed by atoms with van der Waals surface area (Å²) in [5, 5.41) is 4.05. The van der Waals surface area contributed by atoms with Gasteiger partial charge in [-0.1, -0.05) is 60.8 Å². The Labute approximate surface area is 211 Å². The summed E-state index contributed by atoms with van der Waals surface area (Å²) in [4.78, 5) is 15.3. The monoisotopic (exact) mass is 509 g/mol. The summed E-state index contributed by atoms with van der Waals surface area (Å²) in [5.74, 6) is -0.0709. The quantitative estimate of drug-likeness (QED) is 0.464. The zero-order valence-corrected chi connectivity index (χ0v) is 20.9. The Hall–Kier alpha value is -2.87. The second-order valence-corrected chi connectivity index (χ2v) is 11.3. The molecule has 1 amide bonds. The molecule has 0 radical (unpaired) electrons. The van der Waals surface area contributed by atoms with Crippen molar-refractivity contribution < 1.29 is 13.2 Å². The minimum Gasteiger partial charge on any atom is -0.361 e. The number of fused-ring (bicyclic) bond motifs is 1. The molecule has 182 valence electrons. The van der Waals surface area contributed by atoms with Crippen LogP contribution in [-0.2, 0) is 16.6 Å². The highest BCUT2D eigenvalue weighted by molar-refractivity contribution is 7.89. The Balaban J connectivity index is 1.40. The van der Waals surface area contributed by atoms with Gasteiger partial charge in [-0.05, 0) is 54.8 Å². The van der Waals surface area contributed by atoms with E-state index in [1.165, 1.54) is 0 Å². The zero-order valence-electron chi connectivity index (χ0n) is 19.4. The minimum atomic E-state index is -3.52. The maximum absolute atomic E-state index is 13.3. The largest absolute Gasteiger partial charge is 0.361 e. The summed E-state index contributed by atoms with van der Waals surface area (Å²) in [6.07, 6.45) is 3.54. The van der Waals surface area contributed by atoms with Crippen LogP contribution in [0.5, 0.6) is 0 Å². The highest BCUT2D eigenvalue weighted by Crippen LogP contribution is 2.36. The molecule has 2 aliphatic heterocycles. The van der Waals surface area contributed by atoms with E-state index in [0.29, 0.717) is 35.1 Å². The van der Waals surface area contributed by atoms with Crippen LogP contribution in [0.4, 0.5) is 5.69 Å². The molecule has 1 unspecified atom stereocenters. The smallest absolute Gasteiger partial charge is 0.256 e. The van der Waals surface area contributed by atoms with Crippen molar-refractivity contribution in [3.05, 3.63) is 94.5 Å². The molecular weight excluding hydrogens is 482 g/mol. The molecule has 3 aromatic rings. The van der Waals surface area contributed by atoms with Crippen LogP contribution in [0.15, 0.2) is 77.7 Å². The van der Waals surface area contributed by atoms with E-state index in [1.807, 2.05) is 48.5 Å². The molecule has 0 bridgehead atoms. The molecule has 1 atom stereocenters. The van der Waals surface area contributed by atoms with Crippen molar-refractivity contribution in [1.82, 2.24) is 9.21 Å². The first-order valence-electron chi connectivity index (χ1n) is 12.0. The second kappa shape index (κ2) is 10.0. The number of nitrogens with zero attached hydrogens (tertiary/aromatic N) is 2. The number of nitrogens with one attached hydrogen (secondary N) is 1. The van der Waals surface area contributed by atoms with E-state index in [0.717, 1.165) is 42.5 Å². The van der Waals surface area contributed by atoms with Crippen molar-refractivity contribution in [3.8, 4) is 0 Å². The third-order valence-electron chi connectivity index (χ3n) is 6.72.